The maximum Gasteiger partial charge on any atom is 0.393 e. The summed E-state index contributed by atoms with van der Waals surface area (Å²) in [6.45, 7) is 3.87. The summed E-state index contributed by atoms with van der Waals surface area (Å²) >= 11 is 0. The summed E-state index contributed by atoms with van der Waals surface area (Å²) in [6, 6.07) is -1.42. The first-order valence-corrected chi connectivity index (χ1v) is 7.40. The van der Waals surface area contributed by atoms with Crippen molar-refractivity contribution in [1.29, 1.82) is 0 Å². The van der Waals surface area contributed by atoms with Crippen LogP contribution in [-0.2, 0) is 6.54 Å². The lowest BCUT2D eigenvalue weighted by Crippen LogP contribution is -2.50. The number of hydrogen-bond donors (Lipinski definition) is 3. The van der Waals surface area contributed by atoms with Gasteiger partial charge in [-0.25, -0.2) is 4.79 Å². The highest BCUT2D eigenvalue weighted by Crippen LogP contribution is 2.37. The fourth-order valence-electron chi connectivity index (χ4n) is 2.92. The van der Waals surface area contributed by atoms with Gasteiger partial charge in [0.05, 0.1) is 11.6 Å². The highest BCUT2D eigenvalue weighted by Gasteiger charge is 2.45. The van der Waals surface area contributed by atoms with E-state index in [4.69, 9.17) is 0 Å². The number of amides is 2. The quantitative estimate of drug-likeness (QED) is 0.802. The molecule has 1 aromatic rings. The van der Waals surface area contributed by atoms with Crippen LogP contribution in [0.25, 0.3) is 0 Å². The minimum atomic E-state index is -4.27. The largest absolute Gasteiger partial charge is 0.393 e. The molecule has 2 atom stereocenters. The van der Waals surface area contributed by atoms with E-state index in [9.17, 15) is 18.0 Å². The summed E-state index contributed by atoms with van der Waals surface area (Å²) in [5, 5.41) is 11.9. The number of hydrogen-bond acceptors (Lipinski definition) is 2. The molecule has 1 fully saturated rings. The zero-order valence-electron chi connectivity index (χ0n) is 12.7. The van der Waals surface area contributed by atoms with Gasteiger partial charge in [0.15, 0.2) is 0 Å². The Kier molecular flexibility index (Phi) is 4.97. The Bertz CT molecular complexity index is 507. The number of aromatic amines is 1. The third kappa shape index (κ3) is 3.92. The SMILES string of the molecule is Cc1n[nH]c(C)c1CNC(=O)N[C@@H]1CCCC[C@H]1C(F)(F)F. The molecule has 8 heteroatoms. The van der Waals surface area contributed by atoms with Crippen molar-refractivity contribution in [3.63, 3.8) is 0 Å². The monoisotopic (exact) mass is 318 g/mol. The number of urea groups is 1. The smallest absolute Gasteiger partial charge is 0.335 e. The van der Waals surface area contributed by atoms with E-state index >= 15 is 0 Å². The minimum Gasteiger partial charge on any atom is -0.335 e. The number of aromatic nitrogens is 2. The van der Waals surface area contributed by atoms with Gasteiger partial charge in [-0.3, -0.25) is 5.10 Å². The number of carbonyl (C=O) groups is 1. The molecule has 0 aliphatic heterocycles. The maximum atomic E-state index is 13.0. The van der Waals surface area contributed by atoms with Gasteiger partial charge in [-0.2, -0.15) is 18.3 Å². The second-order valence-electron chi connectivity index (χ2n) is 5.78. The molecule has 124 valence electrons. The average molecular weight is 318 g/mol. The summed E-state index contributed by atoms with van der Waals surface area (Å²) in [7, 11) is 0. The van der Waals surface area contributed by atoms with Crippen LogP contribution in [0.5, 0.6) is 0 Å². The summed E-state index contributed by atoms with van der Waals surface area (Å²) in [5.41, 5.74) is 2.46. The molecule has 2 rings (SSSR count). The lowest BCUT2D eigenvalue weighted by atomic mass is 9.84. The number of rotatable bonds is 3. The van der Waals surface area contributed by atoms with Crippen molar-refractivity contribution in [3.8, 4) is 0 Å². The summed E-state index contributed by atoms with van der Waals surface area (Å²) in [6.07, 6.45) is -2.57. The van der Waals surface area contributed by atoms with E-state index in [0.29, 0.717) is 19.3 Å². The van der Waals surface area contributed by atoms with Crippen molar-refractivity contribution >= 4 is 6.03 Å². The minimum absolute atomic E-state index is 0.0778. The van der Waals surface area contributed by atoms with Crippen molar-refractivity contribution < 1.29 is 18.0 Å². The van der Waals surface area contributed by atoms with Gasteiger partial charge < -0.3 is 10.6 Å². The van der Waals surface area contributed by atoms with Crippen molar-refractivity contribution in [2.75, 3.05) is 0 Å². The molecule has 2 amide bonds. The van der Waals surface area contributed by atoms with Crippen LogP contribution in [0.4, 0.5) is 18.0 Å². The molecule has 0 spiro atoms. The van der Waals surface area contributed by atoms with Crippen LogP contribution in [0.2, 0.25) is 0 Å². The van der Waals surface area contributed by atoms with E-state index in [0.717, 1.165) is 17.0 Å². The Morgan fingerprint density at radius 2 is 2.00 bits per heavy atom. The second kappa shape index (κ2) is 6.58. The number of halogens is 3. The zero-order valence-corrected chi connectivity index (χ0v) is 12.7. The van der Waals surface area contributed by atoms with E-state index < -0.39 is 24.2 Å². The second-order valence-corrected chi connectivity index (χ2v) is 5.78. The van der Waals surface area contributed by atoms with Gasteiger partial charge >= 0.3 is 12.2 Å². The van der Waals surface area contributed by atoms with E-state index in [1.165, 1.54) is 0 Å². The number of nitrogens with one attached hydrogen (secondary N) is 3. The van der Waals surface area contributed by atoms with Gasteiger partial charge in [-0.15, -0.1) is 0 Å². The molecule has 1 aromatic heterocycles. The molecule has 1 heterocycles. The van der Waals surface area contributed by atoms with Crippen molar-refractivity contribution in [2.24, 2.45) is 5.92 Å². The normalized spacial score (nSPS) is 22.4. The molecule has 0 radical (unpaired) electrons. The summed E-state index contributed by atoms with van der Waals surface area (Å²) < 4.78 is 38.9. The van der Waals surface area contributed by atoms with Gasteiger partial charge in [0.2, 0.25) is 0 Å². The highest BCUT2D eigenvalue weighted by atomic mass is 19.4. The average Bonchev–Trinajstić information content (AvgIpc) is 2.75. The maximum absolute atomic E-state index is 13.0. The van der Waals surface area contributed by atoms with Gasteiger partial charge in [0.25, 0.3) is 0 Å². The van der Waals surface area contributed by atoms with Crippen LogP contribution < -0.4 is 10.6 Å². The summed E-state index contributed by atoms with van der Waals surface area (Å²) in [4.78, 5) is 11.9. The molecule has 0 unspecified atom stereocenters. The number of nitrogens with zero attached hydrogens (tertiary/aromatic N) is 1. The van der Waals surface area contributed by atoms with Crippen LogP contribution >= 0.6 is 0 Å². The fraction of sp³-hybridized carbons (Fsp3) is 0.714. The Labute approximate surface area is 127 Å². The third-order valence-corrected chi connectivity index (χ3v) is 4.21. The third-order valence-electron chi connectivity index (χ3n) is 4.21. The van der Waals surface area contributed by atoms with Gasteiger partial charge in [0.1, 0.15) is 0 Å². The standard InChI is InChI=1S/C14H21F3N4O/c1-8-10(9(2)21-20-8)7-18-13(22)19-12-6-4-3-5-11(12)14(15,16)17/h11-12H,3-7H2,1-2H3,(H,20,21)(H2,18,19,22)/t11-,12-/m1/s1. The van der Waals surface area contributed by atoms with Crippen LogP contribution in [0, 0.1) is 19.8 Å². The predicted molar refractivity (Wildman–Crippen MR) is 75.2 cm³/mol. The molecule has 22 heavy (non-hydrogen) atoms. The Balaban J connectivity index is 1.90. The zero-order chi connectivity index (χ0) is 16.3. The molecule has 5 nitrogen and oxygen atoms in total. The van der Waals surface area contributed by atoms with Crippen LogP contribution in [0.1, 0.15) is 42.6 Å². The predicted octanol–water partition coefficient (Wildman–Crippen LogP) is 2.95. The Morgan fingerprint density at radius 1 is 1.32 bits per heavy atom. The lowest BCUT2D eigenvalue weighted by Gasteiger charge is -2.33. The number of carbonyl (C=O) groups excluding carboxylic acids is 1. The Hall–Kier alpha value is -1.73. The molecule has 1 aliphatic rings. The molecular formula is C14H21F3N4O. The van der Waals surface area contributed by atoms with Crippen LogP contribution in [-0.4, -0.2) is 28.4 Å². The van der Waals surface area contributed by atoms with E-state index in [1.807, 2.05) is 6.92 Å². The molecule has 1 saturated carbocycles. The molecule has 0 saturated heterocycles. The van der Waals surface area contributed by atoms with E-state index in [2.05, 4.69) is 20.8 Å². The number of alkyl halides is 3. The van der Waals surface area contributed by atoms with Crippen molar-refractivity contribution in [1.82, 2.24) is 20.8 Å². The first-order chi connectivity index (χ1) is 10.3. The van der Waals surface area contributed by atoms with Gasteiger partial charge in [0, 0.05) is 23.8 Å². The molecular weight excluding hydrogens is 297 g/mol. The first-order valence-electron chi connectivity index (χ1n) is 7.40. The lowest BCUT2D eigenvalue weighted by molar-refractivity contribution is -0.187. The van der Waals surface area contributed by atoms with E-state index in [1.54, 1.807) is 6.92 Å². The topological polar surface area (TPSA) is 69.8 Å². The fourth-order valence-corrected chi connectivity index (χ4v) is 2.92. The van der Waals surface area contributed by atoms with Crippen LogP contribution in [0.3, 0.4) is 0 Å². The van der Waals surface area contributed by atoms with Gasteiger partial charge in [-0.05, 0) is 26.7 Å². The molecule has 1 aliphatic carbocycles. The highest BCUT2D eigenvalue weighted by molar-refractivity contribution is 5.74. The van der Waals surface area contributed by atoms with Crippen molar-refractivity contribution in [3.05, 3.63) is 17.0 Å². The molecule has 0 aromatic carbocycles. The van der Waals surface area contributed by atoms with E-state index in [-0.39, 0.29) is 13.0 Å². The molecule has 3 N–H and O–H groups in total. The van der Waals surface area contributed by atoms with Crippen LogP contribution in [0.15, 0.2) is 0 Å². The Morgan fingerprint density at radius 3 is 2.59 bits per heavy atom. The molecule has 0 bridgehead atoms. The number of H-pyrrole nitrogens is 1. The van der Waals surface area contributed by atoms with Crippen molar-refractivity contribution in [2.45, 2.75) is 58.3 Å². The van der Waals surface area contributed by atoms with Gasteiger partial charge in [-0.1, -0.05) is 12.8 Å². The number of aryl methyl sites for hydroxylation is 2. The summed E-state index contributed by atoms with van der Waals surface area (Å²) in [5.74, 6) is -1.45. The first kappa shape index (κ1) is 16.6.